The lowest BCUT2D eigenvalue weighted by Crippen LogP contribution is -2.43. The number of nitrogens with two attached hydrogens (primary N) is 1. The van der Waals surface area contributed by atoms with E-state index >= 15 is 4.39 Å². The number of oxazole rings is 1. The second-order valence-electron chi connectivity index (χ2n) is 8.58. The summed E-state index contributed by atoms with van der Waals surface area (Å²) in [5, 5.41) is 16.1. The molecule has 0 aliphatic rings. The predicted octanol–water partition coefficient (Wildman–Crippen LogP) is 4.20. The first-order valence-electron chi connectivity index (χ1n) is 11.5. The van der Waals surface area contributed by atoms with Crippen molar-refractivity contribution in [2.45, 2.75) is 18.8 Å². The van der Waals surface area contributed by atoms with Crippen LogP contribution in [0.4, 0.5) is 26.7 Å². The number of benzene rings is 2. The number of amides is 2. The van der Waals surface area contributed by atoms with Crippen LogP contribution in [0.25, 0.3) is 11.3 Å². The number of hydrogen-bond acceptors (Lipinski definition) is 7. The predicted molar refractivity (Wildman–Crippen MR) is 132 cm³/mol. The Balaban J connectivity index is 1.74. The van der Waals surface area contributed by atoms with Gasteiger partial charge < -0.3 is 29.7 Å². The number of carboxylic acid groups (broad SMARTS) is 1. The highest BCUT2D eigenvalue weighted by Crippen LogP contribution is 2.36. The van der Waals surface area contributed by atoms with Gasteiger partial charge in [-0.15, -0.1) is 0 Å². The van der Waals surface area contributed by atoms with E-state index < -0.39 is 59.3 Å². The summed E-state index contributed by atoms with van der Waals surface area (Å²) in [6, 6.07) is 7.04. The number of primary amides is 1. The van der Waals surface area contributed by atoms with Crippen LogP contribution in [-0.2, 0) is 19.8 Å². The Morgan fingerprint density at radius 2 is 1.85 bits per heavy atom. The van der Waals surface area contributed by atoms with Gasteiger partial charge in [-0.3, -0.25) is 9.48 Å². The van der Waals surface area contributed by atoms with Crippen LogP contribution in [0.1, 0.15) is 33.6 Å². The Morgan fingerprint density at radius 1 is 1.17 bits per heavy atom. The number of alkyl halides is 3. The molecular weight excluding hydrogens is 625 g/mol. The summed E-state index contributed by atoms with van der Waals surface area (Å²) < 4.78 is 80.6. The molecule has 2 heterocycles. The molecule has 1 unspecified atom stereocenters. The van der Waals surface area contributed by atoms with Crippen molar-refractivity contribution < 1.29 is 45.8 Å². The minimum absolute atomic E-state index is 0.0180. The molecular formula is C25H18BrF5N5O5-. The van der Waals surface area contributed by atoms with Crippen LogP contribution in [0.15, 0.2) is 57.7 Å². The maximum absolute atomic E-state index is 15.0. The Hall–Kier alpha value is -4.47. The number of hydrogen-bond donors (Lipinski definition) is 1. The van der Waals surface area contributed by atoms with Gasteiger partial charge in [0.15, 0.2) is 22.3 Å². The molecule has 16 heteroatoms. The lowest BCUT2D eigenvalue weighted by atomic mass is 10.1. The average Bonchev–Trinajstić information content (AvgIpc) is 3.48. The van der Waals surface area contributed by atoms with Crippen LogP contribution in [-0.4, -0.2) is 38.2 Å². The van der Waals surface area contributed by atoms with Gasteiger partial charge >= 0.3 is 6.18 Å². The maximum Gasteiger partial charge on any atom is 0.416 e. The summed E-state index contributed by atoms with van der Waals surface area (Å²) in [5.41, 5.74) is 3.60. The molecule has 0 bridgehead atoms. The SMILES string of the molecule is Cn1ccc(CN(CC(Oc2ccc(F)c(C(N)=O)c2F)c2nc(-c3ccc(C(F)(F)F)cc3)c(Br)o2)C(=O)[O-])n1. The van der Waals surface area contributed by atoms with E-state index in [2.05, 4.69) is 26.0 Å². The Morgan fingerprint density at radius 3 is 2.41 bits per heavy atom. The number of carbonyl (C=O) groups excluding carboxylic acids is 2. The minimum Gasteiger partial charge on any atom is -0.530 e. The molecule has 41 heavy (non-hydrogen) atoms. The van der Waals surface area contributed by atoms with Crippen LogP contribution in [0.3, 0.4) is 0 Å². The normalized spacial score (nSPS) is 12.3. The summed E-state index contributed by atoms with van der Waals surface area (Å²) in [6.45, 7) is -0.893. The highest BCUT2D eigenvalue weighted by atomic mass is 79.9. The summed E-state index contributed by atoms with van der Waals surface area (Å²) in [4.78, 5) is 28.5. The molecule has 0 saturated heterocycles. The summed E-state index contributed by atoms with van der Waals surface area (Å²) in [6.07, 6.45) is -6.22. The number of halogens is 6. The molecule has 2 amide bonds. The topological polar surface area (TPSA) is 140 Å². The quantitative estimate of drug-likeness (QED) is 0.270. The smallest absolute Gasteiger partial charge is 0.416 e. The Labute approximate surface area is 236 Å². The van der Waals surface area contributed by atoms with E-state index in [0.29, 0.717) is 5.69 Å². The van der Waals surface area contributed by atoms with E-state index in [-0.39, 0.29) is 28.4 Å². The summed E-state index contributed by atoms with van der Waals surface area (Å²) in [7, 11) is 1.61. The first kappa shape index (κ1) is 29.5. The highest BCUT2D eigenvalue weighted by molar-refractivity contribution is 9.10. The lowest BCUT2D eigenvalue weighted by Gasteiger charge is -2.28. The van der Waals surface area contributed by atoms with E-state index in [1.54, 1.807) is 13.2 Å². The Bertz CT molecular complexity index is 1590. The van der Waals surface area contributed by atoms with Crippen molar-refractivity contribution in [1.29, 1.82) is 0 Å². The number of aryl methyl sites for hydroxylation is 1. The second kappa shape index (κ2) is 11.6. The molecule has 0 aliphatic heterocycles. The van der Waals surface area contributed by atoms with Crippen molar-refractivity contribution in [2.24, 2.45) is 12.8 Å². The van der Waals surface area contributed by atoms with Gasteiger partial charge in [0, 0.05) is 18.8 Å². The first-order valence-corrected chi connectivity index (χ1v) is 12.3. The average molecular weight is 643 g/mol. The fourth-order valence-corrected chi connectivity index (χ4v) is 4.25. The van der Waals surface area contributed by atoms with Gasteiger partial charge in [-0.05, 0) is 46.3 Å². The number of ether oxygens (including phenoxy) is 1. The molecule has 0 fully saturated rings. The van der Waals surface area contributed by atoms with Crippen molar-refractivity contribution in [3.05, 3.63) is 87.7 Å². The minimum atomic E-state index is -4.57. The zero-order valence-corrected chi connectivity index (χ0v) is 22.4. The monoisotopic (exact) mass is 642 g/mol. The zero-order valence-electron chi connectivity index (χ0n) is 20.8. The molecule has 216 valence electrons. The van der Waals surface area contributed by atoms with Gasteiger partial charge in [0.05, 0.1) is 24.3 Å². The third-order valence-corrected chi connectivity index (χ3v) is 6.24. The van der Waals surface area contributed by atoms with Gasteiger partial charge in [-0.25, -0.2) is 13.8 Å². The molecule has 10 nitrogen and oxygen atoms in total. The molecule has 1 atom stereocenters. The largest absolute Gasteiger partial charge is 0.530 e. The number of aromatic nitrogens is 3. The van der Waals surface area contributed by atoms with Crippen molar-refractivity contribution in [3.63, 3.8) is 0 Å². The molecule has 0 saturated carbocycles. The highest BCUT2D eigenvalue weighted by Gasteiger charge is 2.31. The van der Waals surface area contributed by atoms with Gasteiger partial charge in [0.1, 0.15) is 23.2 Å². The molecule has 0 aliphatic carbocycles. The fourth-order valence-electron chi connectivity index (χ4n) is 3.77. The second-order valence-corrected chi connectivity index (χ2v) is 9.30. The van der Waals surface area contributed by atoms with Crippen LogP contribution in [0.2, 0.25) is 0 Å². The van der Waals surface area contributed by atoms with E-state index in [4.69, 9.17) is 14.9 Å². The molecule has 2 aromatic heterocycles. The van der Waals surface area contributed by atoms with Crippen molar-refractivity contribution >= 4 is 27.9 Å². The number of nitrogens with zero attached hydrogens (tertiary/aromatic N) is 4. The van der Waals surface area contributed by atoms with Crippen LogP contribution < -0.4 is 15.6 Å². The number of carbonyl (C=O) groups is 2. The van der Waals surface area contributed by atoms with E-state index in [1.807, 2.05) is 0 Å². The molecule has 2 aromatic carbocycles. The molecule has 4 rings (SSSR count). The van der Waals surface area contributed by atoms with Gasteiger partial charge in [0.2, 0.25) is 5.89 Å². The van der Waals surface area contributed by atoms with E-state index in [0.717, 1.165) is 41.3 Å². The zero-order chi connectivity index (χ0) is 30.1. The van der Waals surface area contributed by atoms with Crippen LogP contribution in [0.5, 0.6) is 5.75 Å². The van der Waals surface area contributed by atoms with Gasteiger partial charge in [-0.2, -0.15) is 18.3 Å². The molecule has 4 aromatic rings. The van der Waals surface area contributed by atoms with Gasteiger partial charge in [-0.1, -0.05) is 12.1 Å². The van der Waals surface area contributed by atoms with Crippen molar-refractivity contribution in [2.75, 3.05) is 6.54 Å². The van der Waals surface area contributed by atoms with Crippen molar-refractivity contribution in [1.82, 2.24) is 19.7 Å². The third kappa shape index (κ3) is 6.65. The lowest BCUT2D eigenvalue weighted by molar-refractivity contribution is -0.267. The maximum atomic E-state index is 15.0. The summed E-state index contributed by atoms with van der Waals surface area (Å²) >= 11 is 3.13. The first-order chi connectivity index (χ1) is 19.2. The van der Waals surface area contributed by atoms with Crippen LogP contribution >= 0.6 is 15.9 Å². The van der Waals surface area contributed by atoms with E-state index in [9.17, 15) is 32.3 Å². The molecule has 2 N–H and O–H groups in total. The Kier molecular flexibility index (Phi) is 8.32. The molecule has 0 spiro atoms. The standard InChI is InChI=1S/C25H19BrF5N5O5/c1-35-9-8-14(34-35)10-36(24(38)39)11-17(40-16-7-6-15(27)18(19(16)28)22(32)37)23-33-20(21(26)41-23)12-2-4-13(5-3-12)25(29,30)31/h2-9,17H,10-11H2,1H3,(H2,32,37)(H,38,39)/p-1. The van der Waals surface area contributed by atoms with Crippen LogP contribution in [0, 0.1) is 11.6 Å². The molecule has 0 radical (unpaired) electrons. The summed E-state index contributed by atoms with van der Waals surface area (Å²) in [5.74, 6) is -5.17. The van der Waals surface area contributed by atoms with Gasteiger partial charge in [0.25, 0.3) is 5.91 Å². The van der Waals surface area contributed by atoms with Crippen molar-refractivity contribution in [3.8, 4) is 17.0 Å². The van der Waals surface area contributed by atoms with E-state index in [1.165, 1.54) is 10.7 Å². The third-order valence-electron chi connectivity index (χ3n) is 5.70. The number of rotatable bonds is 9. The fraction of sp³-hybridized carbons (Fsp3) is 0.200.